The molecule has 0 aliphatic rings. The molecule has 0 saturated carbocycles. The van der Waals surface area contributed by atoms with Gasteiger partial charge in [0.2, 0.25) is 0 Å². The molecule has 0 spiro atoms. The molecule has 0 radical (unpaired) electrons. The number of rotatable bonds is 6. The molecule has 84 valence electrons. The molecule has 0 heterocycles. The van der Waals surface area contributed by atoms with Crippen LogP contribution in [0.15, 0.2) is 18.2 Å². The molecule has 1 aromatic rings. The number of nitrogens with two attached hydrogens (primary N) is 1. The van der Waals surface area contributed by atoms with Crippen LogP contribution in [-0.4, -0.2) is 31.5 Å². The van der Waals surface area contributed by atoms with Crippen molar-refractivity contribution in [1.29, 1.82) is 0 Å². The van der Waals surface area contributed by atoms with Crippen molar-refractivity contribution in [2.24, 2.45) is 0 Å². The van der Waals surface area contributed by atoms with Crippen LogP contribution < -0.4 is 10.5 Å². The second-order valence-corrected chi connectivity index (χ2v) is 3.30. The van der Waals surface area contributed by atoms with Crippen LogP contribution in [0.25, 0.3) is 0 Å². The summed E-state index contributed by atoms with van der Waals surface area (Å²) in [5, 5.41) is 9.04. The summed E-state index contributed by atoms with van der Waals surface area (Å²) in [5.41, 5.74) is 6.18. The normalized spacial score (nSPS) is 10.3. The predicted octanol–water partition coefficient (Wildman–Crippen LogP) is 1.31. The minimum atomic E-state index is 0.0169. The van der Waals surface area contributed by atoms with Crippen LogP contribution in [0.3, 0.4) is 0 Å². The Bertz CT molecular complexity index is 307. The summed E-state index contributed by atoms with van der Waals surface area (Å²) in [6.45, 7) is 1.15. The zero-order valence-corrected chi connectivity index (χ0v) is 9.04. The molecule has 0 aliphatic heterocycles. The predicted molar refractivity (Wildman–Crippen MR) is 59.3 cm³/mol. The van der Waals surface area contributed by atoms with E-state index in [1.165, 1.54) is 0 Å². The van der Waals surface area contributed by atoms with E-state index < -0.39 is 0 Å². The van der Waals surface area contributed by atoms with Crippen LogP contribution in [0.5, 0.6) is 5.75 Å². The van der Waals surface area contributed by atoms with Crippen molar-refractivity contribution >= 4 is 17.3 Å². The largest absolute Gasteiger partial charge is 0.489 e. The van der Waals surface area contributed by atoms with E-state index in [1.807, 2.05) is 0 Å². The fraction of sp³-hybridized carbons (Fsp3) is 0.400. The van der Waals surface area contributed by atoms with E-state index >= 15 is 0 Å². The molecule has 5 heteroatoms. The Morgan fingerprint density at radius 3 is 2.73 bits per heavy atom. The molecular weight excluding hydrogens is 218 g/mol. The molecule has 3 N–H and O–H groups in total. The van der Waals surface area contributed by atoms with E-state index in [-0.39, 0.29) is 6.61 Å². The van der Waals surface area contributed by atoms with Crippen LogP contribution in [-0.2, 0) is 4.74 Å². The Morgan fingerprint density at radius 1 is 1.27 bits per heavy atom. The van der Waals surface area contributed by atoms with Gasteiger partial charge >= 0.3 is 0 Å². The van der Waals surface area contributed by atoms with Crippen molar-refractivity contribution in [3.8, 4) is 5.75 Å². The second kappa shape index (κ2) is 6.50. The molecule has 1 aromatic carbocycles. The highest BCUT2D eigenvalue weighted by Crippen LogP contribution is 2.24. The summed E-state index contributed by atoms with van der Waals surface area (Å²) >= 11 is 5.73. The molecule has 0 fully saturated rings. The third-order valence-corrected chi connectivity index (χ3v) is 1.93. The number of hydrogen-bond acceptors (Lipinski definition) is 4. The van der Waals surface area contributed by atoms with Gasteiger partial charge in [-0.15, -0.1) is 0 Å². The van der Waals surface area contributed by atoms with Crippen LogP contribution >= 0.6 is 11.6 Å². The molecule has 1 rings (SSSR count). The van der Waals surface area contributed by atoms with Crippen molar-refractivity contribution in [2.45, 2.75) is 0 Å². The molecule has 15 heavy (non-hydrogen) atoms. The monoisotopic (exact) mass is 231 g/mol. The lowest BCUT2D eigenvalue weighted by molar-refractivity contribution is 0.0707. The molecule has 0 amide bonds. The van der Waals surface area contributed by atoms with Gasteiger partial charge in [0.1, 0.15) is 12.4 Å². The van der Waals surface area contributed by atoms with Gasteiger partial charge in [-0.2, -0.15) is 0 Å². The van der Waals surface area contributed by atoms with Gasteiger partial charge in [-0.3, -0.25) is 0 Å². The number of anilines is 1. The fourth-order valence-corrected chi connectivity index (χ4v) is 1.21. The van der Waals surface area contributed by atoms with E-state index in [4.69, 9.17) is 31.9 Å². The number of aliphatic hydroxyl groups is 1. The zero-order valence-electron chi connectivity index (χ0n) is 8.28. The maximum atomic E-state index is 8.46. The van der Waals surface area contributed by atoms with E-state index in [0.717, 1.165) is 0 Å². The van der Waals surface area contributed by atoms with Gasteiger partial charge in [0.15, 0.2) is 0 Å². The Kier molecular flexibility index (Phi) is 5.25. The van der Waals surface area contributed by atoms with E-state index in [1.54, 1.807) is 18.2 Å². The van der Waals surface area contributed by atoms with Crippen molar-refractivity contribution in [3.05, 3.63) is 23.2 Å². The highest BCUT2D eigenvalue weighted by molar-refractivity contribution is 6.30. The van der Waals surface area contributed by atoms with Crippen molar-refractivity contribution in [1.82, 2.24) is 0 Å². The van der Waals surface area contributed by atoms with Gasteiger partial charge < -0.3 is 20.3 Å². The lowest BCUT2D eigenvalue weighted by Gasteiger charge is -2.08. The minimum Gasteiger partial charge on any atom is -0.489 e. The Balaban J connectivity index is 2.31. The van der Waals surface area contributed by atoms with Gasteiger partial charge in [0.05, 0.1) is 25.5 Å². The fourth-order valence-electron chi connectivity index (χ4n) is 1.03. The standard InChI is InChI=1S/C10H14ClNO3/c11-8-1-2-10(9(12)7-8)15-6-5-14-4-3-13/h1-2,7,13H,3-6,12H2. The number of nitrogen functional groups attached to an aromatic ring is 1. The number of halogens is 1. The number of ether oxygens (including phenoxy) is 2. The van der Waals surface area contributed by atoms with Gasteiger partial charge in [-0.05, 0) is 18.2 Å². The van der Waals surface area contributed by atoms with Crippen LogP contribution in [0, 0.1) is 0 Å². The molecular formula is C10H14ClNO3. The maximum Gasteiger partial charge on any atom is 0.142 e. The first-order valence-electron chi connectivity index (χ1n) is 4.60. The van der Waals surface area contributed by atoms with Crippen LogP contribution in [0.4, 0.5) is 5.69 Å². The first-order chi connectivity index (χ1) is 7.24. The first kappa shape index (κ1) is 12.1. The molecule has 0 aromatic heterocycles. The smallest absolute Gasteiger partial charge is 0.142 e. The van der Waals surface area contributed by atoms with E-state index in [2.05, 4.69) is 0 Å². The van der Waals surface area contributed by atoms with Gasteiger partial charge in [0, 0.05) is 5.02 Å². The Labute approximate surface area is 93.6 Å². The average molecular weight is 232 g/mol. The number of hydrogen-bond donors (Lipinski definition) is 2. The third-order valence-electron chi connectivity index (χ3n) is 1.69. The quantitative estimate of drug-likeness (QED) is 0.572. The summed E-state index contributed by atoms with van der Waals surface area (Å²) in [4.78, 5) is 0. The minimum absolute atomic E-state index is 0.0169. The molecule has 0 saturated heterocycles. The highest BCUT2D eigenvalue weighted by Gasteiger charge is 2.00. The summed E-state index contributed by atoms with van der Waals surface area (Å²) in [7, 11) is 0. The SMILES string of the molecule is Nc1cc(Cl)ccc1OCCOCCO. The second-order valence-electron chi connectivity index (χ2n) is 2.87. The lowest BCUT2D eigenvalue weighted by atomic mass is 10.3. The van der Waals surface area contributed by atoms with Gasteiger partial charge in [-0.25, -0.2) is 0 Å². The molecule has 0 bridgehead atoms. The summed E-state index contributed by atoms with van der Waals surface area (Å²) < 4.78 is 10.4. The van der Waals surface area contributed by atoms with Crippen LogP contribution in [0.2, 0.25) is 5.02 Å². The maximum absolute atomic E-state index is 8.46. The molecule has 0 aliphatic carbocycles. The lowest BCUT2D eigenvalue weighted by Crippen LogP contribution is -2.09. The van der Waals surface area contributed by atoms with E-state index in [9.17, 15) is 0 Å². The van der Waals surface area contributed by atoms with Gasteiger partial charge in [0.25, 0.3) is 0 Å². The number of benzene rings is 1. The van der Waals surface area contributed by atoms with Crippen molar-refractivity contribution in [3.63, 3.8) is 0 Å². The number of aliphatic hydroxyl groups excluding tert-OH is 1. The Hall–Kier alpha value is -0.970. The molecule has 0 atom stereocenters. The molecule has 4 nitrogen and oxygen atoms in total. The zero-order chi connectivity index (χ0) is 11.1. The summed E-state index contributed by atoms with van der Waals surface area (Å²) in [5.74, 6) is 0.590. The topological polar surface area (TPSA) is 64.7 Å². The van der Waals surface area contributed by atoms with E-state index in [0.29, 0.717) is 36.3 Å². The van der Waals surface area contributed by atoms with Crippen molar-refractivity contribution in [2.75, 3.05) is 32.2 Å². The highest BCUT2D eigenvalue weighted by atomic mass is 35.5. The van der Waals surface area contributed by atoms with Crippen molar-refractivity contribution < 1.29 is 14.6 Å². The third kappa shape index (κ3) is 4.38. The summed E-state index contributed by atoms with van der Waals surface area (Å²) in [6.07, 6.45) is 0. The average Bonchev–Trinajstić information content (AvgIpc) is 2.20. The van der Waals surface area contributed by atoms with Gasteiger partial charge in [-0.1, -0.05) is 11.6 Å². The summed E-state index contributed by atoms with van der Waals surface area (Å²) in [6, 6.07) is 5.05. The Morgan fingerprint density at radius 2 is 2.07 bits per heavy atom. The van der Waals surface area contributed by atoms with Crippen LogP contribution in [0.1, 0.15) is 0 Å². The first-order valence-corrected chi connectivity index (χ1v) is 4.98. The molecule has 0 unspecified atom stereocenters.